The first kappa shape index (κ1) is 16.2. The van der Waals surface area contributed by atoms with Crippen LogP contribution in [0.3, 0.4) is 0 Å². The summed E-state index contributed by atoms with van der Waals surface area (Å²) in [5.74, 6) is 1.73. The van der Waals surface area contributed by atoms with E-state index in [9.17, 15) is 0 Å². The number of hydrogen-bond acceptors (Lipinski definition) is 3. The van der Waals surface area contributed by atoms with Crippen molar-refractivity contribution in [3.63, 3.8) is 0 Å². The molecule has 2 aromatic carbocycles. The summed E-state index contributed by atoms with van der Waals surface area (Å²) in [6.45, 7) is 8.65. The molecule has 2 rings (SSSR count). The molecule has 1 N–H and O–H groups in total. The molecule has 2 aromatic rings. The second-order valence-electron chi connectivity index (χ2n) is 6.45. The van der Waals surface area contributed by atoms with Gasteiger partial charge in [0.2, 0.25) is 0 Å². The highest BCUT2D eigenvalue weighted by molar-refractivity contribution is 5.46. The maximum Gasteiger partial charge on any atom is 0.122 e. The maximum absolute atomic E-state index is 5.68. The fraction of sp³-hybridized carbons (Fsp3) is 0.368. The predicted molar refractivity (Wildman–Crippen MR) is 91.8 cm³/mol. The van der Waals surface area contributed by atoms with Gasteiger partial charge in [-0.3, -0.25) is 0 Å². The molecule has 0 saturated carbocycles. The highest BCUT2D eigenvalue weighted by Crippen LogP contribution is 2.18. The van der Waals surface area contributed by atoms with Crippen molar-refractivity contribution in [3.05, 3.63) is 54.6 Å². The van der Waals surface area contributed by atoms with Gasteiger partial charge >= 0.3 is 0 Å². The smallest absolute Gasteiger partial charge is 0.122 e. The quantitative estimate of drug-likeness (QED) is 0.758. The van der Waals surface area contributed by atoms with Crippen LogP contribution in [-0.2, 0) is 0 Å². The lowest BCUT2D eigenvalue weighted by Gasteiger charge is -2.19. The van der Waals surface area contributed by atoms with Gasteiger partial charge in [0.25, 0.3) is 0 Å². The molecule has 0 atom stereocenters. The van der Waals surface area contributed by atoms with E-state index >= 15 is 0 Å². The minimum absolute atomic E-state index is 0.268. The molecule has 118 valence electrons. The summed E-state index contributed by atoms with van der Waals surface area (Å²) in [5.41, 5.74) is 1.38. The molecular formula is C19H25NO2. The van der Waals surface area contributed by atoms with Gasteiger partial charge in [0, 0.05) is 12.2 Å². The first-order valence-corrected chi connectivity index (χ1v) is 7.67. The molecule has 22 heavy (non-hydrogen) atoms. The number of para-hydroxylation sites is 1. The van der Waals surface area contributed by atoms with Crippen molar-refractivity contribution in [2.75, 3.05) is 25.1 Å². The lowest BCUT2D eigenvalue weighted by molar-refractivity contribution is 0.217. The zero-order chi connectivity index (χ0) is 15.8. The van der Waals surface area contributed by atoms with E-state index in [4.69, 9.17) is 9.47 Å². The molecule has 0 aliphatic heterocycles. The lowest BCUT2D eigenvalue weighted by Crippen LogP contribution is -2.18. The monoisotopic (exact) mass is 299 g/mol. The third-order valence-corrected chi connectivity index (χ3v) is 3.04. The molecule has 0 heterocycles. The lowest BCUT2D eigenvalue weighted by atomic mass is 9.97. The van der Waals surface area contributed by atoms with Gasteiger partial charge < -0.3 is 14.8 Å². The average Bonchev–Trinajstić information content (AvgIpc) is 2.51. The number of rotatable bonds is 7. The molecule has 0 bridgehead atoms. The van der Waals surface area contributed by atoms with E-state index in [1.807, 2.05) is 54.6 Å². The summed E-state index contributed by atoms with van der Waals surface area (Å²) >= 11 is 0. The molecule has 0 aliphatic carbocycles. The van der Waals surface area contributed by atoms with E-state index in [0.717, 1.165) is 23.7 Å². The SMILES string of the molecule is CC(C)(C)CNc1ccc(OCCOc2ccccc2)cc1. The molecule has 0 radical (unpaired) electrons. The molecule has 0 unspecified atom stereocenters. The second kappa shape index (κ2) is 7.74. The van der Waals surface area contributed by atoms with Crippen molar-refractivity contribution in [1.82, 2.24) is 0 Å². The molecule has 0 amide bonds. The first-order chi connectivity index (χ1) is 10.5. The van der Waals surface area contributed by atoms with Gasteiger partial charge in [-0.2, -0.15) is 0 Å². The van der Waals surface area contributed by atoms with Gasteiger partial charge in [-0.05, 0) is 41.8 Å². The van der Waals surface area contributed by atoms with Crippen molar-refractivity contribution >= 4 is 5.69 Å². The fourth-order valence-corrected chi connectivity index (χ4v) is 1.87. The van der Waals surface area contributed by atoms with E-state index < -0.39 is 0 Å². The standard InChI is InChI=1S/C19H25NO2/c1-19(2,3)15-20-16-9-11-18(12-10-16)22-14-13-21-17-7-5-4-6-8-17/h4-12,20H,13-15H2,1-3H3. The van der Waals surface area contributed by atoms with E-state index in [1.54, 1.807) is 0 Å². The third kappa shape index (κ3) is 6.08. The average molecular weight is 299 g/mol. The number of hydrogen-bond donors (Lipinski definition) is 1. The summed E-state index contributed by atoms with van der Waals surface area (Å²) in [7, 11) is 0. The van der Waals surface area contributed by atoms with Crippen molar-refractivity contribution in [2.45, 2.75) is 20.8 Å². The molecule has 0 aliphatic rings. The van der Waals surface area contributed by atoms with Crippen molar-refractivity contribution < 1.29 is 9.47 Å². The van der Waals surface area contributed by atoms with Crippen molar-refractivity contribution in [2.24, 2.45) is 5.41 Å². The first-order valence-electron chi connectivity index (χ1n) is 7.67. The predicted octanol–water partition coefficient (Wildman–Crippen LogP) is 4.60. The van der Waals surface area contributed by atoms with Crippen molar-refractivity contribution in [1.29, 1.82) is 0 Å². The van der Waals surface area contributed by atoms with E-state index in [1.165, 1.54) is 0 Å². The van der Waals surface area contributed by atoms with Gasteiger partial charge in [0.05, 0.1) is 0 Å². The van der Waals surface area contributed by atoms with E-state index in [0.29, 0.717) is 13.2 Å². The Kier molecular flexibility index (Phi) is 5.70. The fourth-order valence-electron chi connectivity index (χ4n) is 1.87. The Morgan fingerprint density at radius 2 is 1.32 bits per heavy atom. The van der Waals surface area contributed by atoms with Crippen LogP contribution in [0, 0.1) is 5.41 Å². The third-order valence-electron chi connectivity index (χ3n) is 3.04. The van der Waals surface area contributed by atoms with Gasteiger partial charge in [-0.25, -0.2) is 0 Å². The van der Waals surface area contributed by atoms with Gasteiger partial charge in [-0.15, -0.1) is 0 Å². The summed E-state index contributed by atoms with van der Waals surface area (Å²) < 4.78 is 11.3. The topological polar surface area (TPSA) is 30.5 Å². The van der Waals surface area contributed by atoms with Gasteiger partial charge in [-0.1, -0.05) is 39.0 Å². The molecule has 0 saturated heterocycles. The van der Waals surface area contributed by atoms with E-state index in [2.05, 4.69) is 26.1 Å². The Morgan fingerprint density at radius 3 is 1.86 bits per heavy atom. The summed E-state index contributed by atoms with van der Waals surface area (Å²) in [5, 5.41) is 3.42. The molecule has 3 heteroatoms. The van der Waals surface area contributed by atoms with Crippen molar-refractivity contribution in [3.8, 4) is 11.5 Å². The highest BCUT2D eigenvalue weighted by atomic mass is 16.5. The van der Waals surface area contributed by atoms with Crippen LogP contribution in [0.15, 0.2) is 54.6 Å². The summed E-state index contributed by atoms with van der Waals surface area (Å²) in [6.07, 6.45) is 0. The molecule has 0 spiro atoms. The number of ether oxygens (including phenoxy) is 2. The zero-order valence-electron chi connectivity index (χ0n) is 13.6. The van der Waals surface area contributed by atoms with Crippen LogP contribution in [0.2, 0.25) is 0 Å². The second-order valence-corrected chi connectivity index (χ2v) is 6.45. The Hall–Kier alpha value is -2.16. The van der Waals surface area contributed by atoms with Gasteiger partial charge in [0.15, 0.2) is 0 Å². The molecule has 0 fully saturated rings. The number of anilines is 1. The van der Waals surface area contributed by atoms with Crippen LogP contribution >= 0.6 is 0 Å². The van der Waals surface area contributed by atoms with Crippen LogP contribution in [0.4, 0.5) is 5.69 Å². The minimum atomic E-state index is 0.268. The van der Waals surface area contributed by atoms with Crippen LogP contribution in [0.1, 0.15) is 20.8 Å². The molecular weight excluding hydrogens is 274 g/mol. The normalized spacial score (nSPS) is 11.0. The molecule has 0 aromatic heterocycles. The van der Waals surface area contributed by atoms with E-state index in [-0.39, 0.29) is 5.41 Å². The molecule has 3 nitrogen and oxygen atoms in total. The zero-order valence-corrected chi connectivity index (χ0v) is 13.6. The Balaban J connectivity index is 1.70. The number of nitrogens with one attached hydrogen (secondary N) is 1. The minimum Gasteiger partial charge on any atom is -0.490 e. The summed E-state index contributed by atoms with van der Waals surface area (Å²) in [4.78, 5) is 0. The highest BCUT2D eigenvalue weighted by Gasteiger charge is 2.09. The van der Waals surface area contributed by atoms with Crippen LogP contribution < -0.4 is 14.8 Å². The van der Waals surface area contributed by atoms with Crippen LogP contribution in [0.25, 0.3) is 0 Å². The maximum atomic E-state index is 5.68. The largest absolute Gasteiger partial charge is 0.490 e. The van der Waals surface area contributed by atoms with Crippen LogP contribution in [-0.4, -0.2) is 19.8 Å². The summed E-state index contributed by atoms with van der Waals surface area (Å²) in [6, 6.07) is 17.8. The van der Waals surface area contributed by atoms with Gasteiger partial charge in [0.1, 0.15) is 24.7 Å². The van der Waals surface area contributed by atoms with Crippen LogP contribution in [0.5, 0.6) is 11.5 Å². The Labute approximate surface area is 133 Å². The Bertz CT molecular complexity index is 544. The number of benzene rings is 2. The Morgan fingerprint density at radius 1 is 0.773 bits per heavy atom.